The van der Waals surface area contributed by atoms with Crippen LogP contribution in [0.5, 0.6) is 0 Å². The molecule has 0 fully saturated rings. The Morgan fingerprint density at radius 1 is 0.380 bits per heavy atom. The van der Waals surface area contributed by atoms with Gasteiger partial charge in [-0.05, 0) is 77.8 Å². The van der Waals surface area contributed by atoms with Gasteiger partial charge in [-0.15, -0.1) is 11.8 Å². The predicted molar refractivity (Wildman–Crippen MR) is 211 cm³/mol. The monoisotopic (exact) mass is 654 g/mol. The van der Waals surface area contributed by atoms with Crippen LogP contribution in [-0.2, 0) is 5.75 Å². The van der Waals surface area contributed by atoms with Crippen LogP contribution in [-0.4, -0.2) is 9.97 Å². The van der Waals surface area contributed by atoms with Gasteiger partial charge in [-0.3, -0.25) is 0 Å². The minimum Gasteiger partial charge on any atom is -0.227 e. The summed E-state index contributed by atoms with van der Waals surface area (Å²) < 4.78 is 0. The maximum atomic E-state index is 5.34. The van der Waals surface area contributed by atoms with Gasteiger partial charge in [0.05, 0.1) is 5.69 Å². The van der Waals surface area contributed by atoms with E-state index < -0.39 is 0 Å². The standard InChI is InChI=1S/C47H30N2S/c1-2-11-30(12-3-1)33-14-10-15-35(27-33)46-48-45(44-37-16-5-4-13-36(37)29-50-47(44)49-46)32-23-21-31(22-24-32)34-25-26-42-40-19-7-6-17-38(40)39-18-8-9-20-41(39)43(42)28-34/h1-28H,29H2. The second-order valence-corrected chi connectivity index (χ2v) is 13.9. The summed E-state index contributed by atoms with van der Waals surface area (Å²) in [4.78, 5) is 10.5. The predicted octanol–water partition coefficient (Wildman–Crippen LogP) is 12.9. The van der Waals surface area contributed by atoms with Gasteiger partial charge >= 0.3 is 0 Å². The molecule has 1 aliphatic rings. The number of fused-ring (bicyclic) bond motifs is 9. The number of hydrogen-bond donors (Lipinski definition) is 0. The van der Waals surface area contributed by atoms with Gasteiger partial charge in [-0.25, -0.2) is 9.97 Å². The lowest BCUT2D eigenvalue weighted by molar-refractivity contribution is 1.06. The molecule has 1 aliphatic heterocycles. The summed E-state index contributed by atoms with van der Waals surface area (Å²) in [5.74, 6) is 1.65. The first-order valence-corrected chi connectivity index (χ1v) is 18.0. The highest BCUT2D eigenvalue weighted by Gasteiger charge is 2.25. The van der Waals surface area contributed by atoms with E-state index in [2.05, 4.69) is 170 Å². The molecular formula is C47H30N2S. The van der Waals surface area contributed by atoms with Crippen molar-refractivity contribution in [3.05, 3.63) is 175 Å². The van der Waals surface area contributed by atoms with Crippen molar-refractivity contribution < 1.29 is 0 Å². The van der Waals surface area contributed by atoms with Gasteiger partial charge in [-0.1, -0.05) is 158 Å². The topological polar surface area (TPSA) is 25.8 Å². The fraction of sp³-hybridized carbons (Fsp3) is 0.0213. The van der Waals surface area contributed by atoms with Crippen molar-refractivity contribution in [2.24, 2.45) is 0 Å². The van der Waals surface area contributed by atoms with Crippen LogP contribution in [0.1, 0.15) is 5.56 Å². The Labute approximate surface area is 295 Å². The molecule has 2 nitrogen and oxygen atoms in total. The lowest BCUT2D eigenvalue weighted by Gasteiger charge is -2.22. The first kappa shape index (κ1) is 28.9. The molecule has 0 amide bonds. The average Bonchev–Trinajstić information content (AvgIpc) is 3.20. The van der Waals surface area contributed by atoms with Crippen LogP contribution in [0.15, 0.2) is 175 Å². The Balaban J connectivity index is 1.11. The number of rotatable bonds is 4. The van der Waals surface area contributed by atoms with Crippen LogP contribution in [0, 0.1) is 0 Å². The Bertz CT molecular complexity index is 2720. The molecule has 0 unspecified atom stereocenters. The second-order valence-electron chi connectivity index (χ2n) is 12.9. The zero-order chi connectivity index (χ0) is 33.0. The summed E-state index contributed by atoms with van der Waals surface area (Å²) in [7, 11) is 0. The van der Waals surface area contributed by atoms with Crippen LogP contribution in [0.2, 0.25) is 0 Å². The molecule has 0 saturated carbocycles. The molecule has 8 aromatic carbocycles. The van der Waals surface area contributed by atoms with Gasteiger partial charge in [0.25, 0.3) is 0 Å². The van der Waals surface area contributed by atoms with Gasteiger partial charge in [0.2, 0.25) is 0 Å². The van der Waals surface area contributed by atoms with Crippen molar-refractivity contribution in [3.63, 3.8) is 0 Å². The molecule has 9 aromatic rings. The maximum Gasteiger partial charge on any atom is 0.161 e. The largest absolute Gasteiger partial charge is 0.227 e. The number of aromatic nitrogens is 2. The number of benzene rings is 8. The van der Waals surface area contributed by atoms with Crippen molar-refractivity contribution in [1.82, 2.24) is 9.97 Å². The third-order valence-electron chi connectivity index (χ3n) is 9.99. The molecule has 0 atom stereocenters. The molecule has 0 spiro atoms. The Morgan fingerprint density at radius 3 is 1.68 bits per heavy atom. The van der Waals surface area contributed by atoms with E-state index in [1.54, 1.807) is 11.8 Å². The molecule has 0 radical (unpaired) electrons. The molecule has 3 heteroatoms. The molecular weight excluding hydrogens is 625 g/mol. The van der Waals surface area contributed by atoms with E-state index in [4.69, 9.17) is 9.97 Å². The van der Waals surface area contributed by atoms with E-state index in [0.717, 1.165) is 44.6 Å². The summed E-state index contributed by atoms with van der Waals surface area (Å²) in [5, 5.41) is 8.76. The van der Waals surface area contributed by atoms with Gasteiger partial charge in [-0.2, -0.15) is 0 Å². The van der Waals surface area contributed by atoms with Crippen molar-refractivity contribution in [2.75, 3.05) is 0 Å². The molecule has 0 bridgehead atoms. The van der Waals surface area contributed by atoms with Gasteiger partial charge in [0.15, 0.2) is 5.82 Å². The summed E-state index contributed by atoms with van der Waals surface area (Å²) in [6.45, 7) is 0. The zero-order valence-electron chi connectivity index (χ0n) is 27.2. The van der Waals surface area contributed by atoms with Crippen molar-refractivity contribution in [1.29, 1.82) is 0 Å². The lowest BCUT2D eigenvalue weighted by atomic mass is 9.91. The van der Waals surface area contributed by atoms with Gasteiger partial charge in [0, 0.05) is 22.4 Å². The summed E-state index contributed by atoms with van der Waals surface area (Å²) >= 11 is 1.80. The minimum atomic E-state index is 0.751. The molecule has 1 aromatic heterocycles. The second kappa shape index (κ2) is 11.8. The Kier molecular flexibility index (Phi) is 6.85. The maximum absolute atomic E-state index is 5.34. The highest BCUT2D eigenvalue weighted by atomic mass is 32.2. The zero-order valence-corrected chi connectivity index (χ0v) is 28.0. The van der Waals surface area contributed by atoms with Crippen LogP contribution in [0.25, 0.3) is 88.3 Å². The average molecular weight is 655 g/mol. The SMILES string of the molecule is c1ccc(-c2cccc(-c3nc4c(c(-c5ccc(-c6ccc7c8ccccc8c8ccccc8c7c6)cc5)n3)-c3ccccc3CS4)c2)cc1. The van der Waals surface area contributed by atoms with Crippen molar-refractivity contribution in [3.8, 4) is 56.0 Å². The molecule has 50 heavy (non-hydrogen) atoms. The van der Waals surface area contributed by atoms with Crippen LogP contribution >= 0.6 is 11.8 Å². The molecule has 0 saturated heterocycles. The van der Waals surface area contributed by atoms with E-state index >= 15 is 0 Å². The van der Waals surface area contributed by atoms with E-state index in [1.807, 2.05) is 0 Å². The molecule has 234 valence electrons. The van der Waals surface area contributed by atoms with Gasteiger partial charge < -0.3 is 0 Å². The highest BCUT2D eigenvalue weighted by molar-refractivity contribution is 7.98. The summed E-state index contributed by atoms with van der Waals surface area (Å²) in [6.07, 6.45) is 0. The normalized spacial score (nSPS) is 12.2. The first-order valence-electron chi connectivity index (χ1n) is 17.0. The van der Waals surface area contributed by atoms with E-state index in [1.165, 1.54) is 60.1 Å². The van der Waals surface area contributed by atoms with E-state index in [9.17, 15) is 0 Å². The third kappa shape index (κ3) is 4.81. The Morgan fingerprint density at radius 2 is 0.920 bits per heavy atom. The smallest absolute Gasteiger partial charge is 0.161 e. The Hall–Kier alpha value is -6.03. The highest BCUT2D eigenvalue weighted by Crippen LogP contribution is 2.46. The minimum absolute atomic E-state index is 0.751. The quantitative estimate of drug-likeness (QED) is 0.139. The number of nitrogens with zero attached hydrogens (tertiary/aromatic N) is 2. The molecule has 0 N–H and O–H groups in total. The fourth-order valence-electron chi connectivity index (χ4n) is 7.54. The van der Waals surface area contributed by atoms with Crippen LogP contribution < -0.4 is 0 Å². The van der Waals surface area contributed by atoms with Gasteiger partial charge in [0.1, 0.15) is 5.03 Å². The summed E-state index contributed by atoms with van der Waals surface area (Å²) in [5.41, 5.74) is 11.5. The summed E-state index contributed by atoms with van der Waals surface area (Å²) in [6, 6.07) is 61.1. The van der Waals surface area contributed by atoms with E-state index in [-0.39, 0.29) is 0 Å². The first-order chi connectivity index (χ1) is 24.8. The third-order valence-corrected chi connectivity index (χ3v) is 11.0. The van der Waals surface area contributed by atoms with Crippen molar-refractivity contribution in [2.45, 2.75) is 10.8 Å². The van der Waals surface area contributed by atoms with Crippen LogP contribution in [0.3, 0.4) is 0 Å². The lowest BCUT2D eigenvalue weighted by Crippen LogP contribution is -2.04. The van der Waals surface area contributed by atoms with E-state index in [0.29, 0.717) is 0 Å². The molecule has 2 heterocycles. The number of thioether (sulfide) groups is 1. The molecule has 10 rings (SSSR count). The fourth-order valence-corrected chi connectivity index (χ4v) is 8.58. The van der Waals surface area contributed by atoms with Crippen LogP contribution in [0.4, 0.5) is 0 Å². The molecule has 0 aliphatic carbocycles. The van der Waals surface area contributed by atoms with Crippen molar-refractivity contribution >= 4 is 44.1 Å². The number of hydrogen-bond acceptors (Lipinski definition) is 3.